The number of hydrogen-bond donors (Lipinski definition) is 1. The molecule has 5 heteroatoms. The lowest BCUT2D eigenvalue weighted by Crippen LogP contribution is -2.00. The largest absolute Gasteiger partial charge is 0.487 e. The van der Waals surface area contributed by atoms with E-state index in [1.807, 2.05) is 37.3 Å². The molecule has 0 aliphatic heterocycles. The number of pyridine rings is 1. The summed E-state index contributed by atoms with van der Waals surface area (Å²) in [5.74, 6) is -0.526. The average molecular weight is 299 g/mol. The summed E-state index contributed by atoms with van der Waals surface area (Å²) < 4.78 is 5.66. The molecule has 0 aliphatic carbocycles. The number of aryl methyl sites for hydroxylation is 1. The number of fused-ring (bicyclic) bond motifs is 1. The summed E-state index contributed by atoms with van der Waals surface area (Å²) in [5, 5.41) is 10.2. The zero-order valence-electron chi connectivity index (χ0n) is 11.4. The molecule has 0 aliphatic rings. The number of ether oxygens (including phenoxy) is 1. The lowest BCUT2D eigenvalue weighted by molar-refractivity contribution is 0.0697. The van der Waals surface area contributed by atoms with Gasteiger partial charge in [-0.05, 0) is 36.8 Å². The van der Waals surface area contributed by atoms with Crippen molar-refractivity contribution in [3.8, 4) is 5.75 Å². The second-order valence-corrected chi connectivity index (χ2v) is 5.93. The Morgan fingerprint density at radius 1 is 1.33 bits per heavy atom. The van der Waals surface area contributed by atoms with Gasteiger partial charge in [0.2, 0.25) is 0 Å². The molecule has 3 aromatic rings. The number of aromatic carboxylic acids is 1. The number of rotatable bonds is 4. The first-order valence-corrected chi connectivity index (χ1v) is 7.25. The van der Waals surface area contributed by atoms with Crippen molar-refractivity contribution in [2.45, 2.75) is 13.5 Å². The Kier molecular flexibility index (Phi) is 3.58. The van der Waals surface area contributed by atoms with E-state index < -0.39 is 5.97 Å². The van der Waals surface area contributed by atoms with Crippen molar-refractivity contribution in [2.24, 2.45) is 0 Å². The second-order valence-electron chi connectivity index (χ2n) is 4.67. The van der Waals surface area contributed by atoms with Crippen LogP contribution in [0.15, 0.2) is 42.6 Å². The topological polar surface area (TPSA) is 59.4 Å². The van der Waals surface area contributed by atoms with Gasteiger partial charge in [-0.25, -0.2) is 4.79 Å². The smallest absolute Gasteiger partial charge is 0.349 e. The zero-order valence-corrected chi connectivity index (χ0v) is 12.2. The maximum atomic E-state index is 11.1. The second kappa shape index (κ2) is 5.54. The van der Waals surface area contributed by atoms with Crippen molar-refractivity contribution in [1.29, 1.82) is 0 Å². The molecule has 0 saturated carbocycles. The minimum Gasteiger partial charge on any atom is -0.487 e. The van der Waals surface area contributed by atoms with Gasteiger partial charge in [-0.1, -0.05) is 12.1 Å². The highest BCUT2D eigenvalue weighted by Crippen LogP contribution is 2.29. The van der Waals surface area contributed by atoms with Gasteiger partial charge in [0.1, 0.15) is 12.4 Å². The van der Waals surface area contributed by atoms with Gasteiger partial charge in [0.05, 0.1) is 5.52 Å². The van der Waals surface area contributed by atoms with Crippen LogP contribution in [-0.4, -0.2) is 16.1 Å². The van der Waals surface area contributed by atoms with Gasteiger partial charge >= 0.3 is 5.97 Å². The Bertz CT molecular complexity index is 810. The van der Waals surface area contributed by atoms with Crippen molar-refractivity contribution in [3.05, 3.63) is 57.9 Å². The molecule has 0 atom stereocenters. The first kappa shape index (κ1) is 13.6. The van der Waals surface area contributed by atoms with E-state index in [-0.39, 0.29) is 4.88 Å². The fourth-order valence-electron chi connectivity index (χ4n) is 2.12. The Morgan fingerprint density at radius 2 is 2.19 bits per heavy atom. The number of thiophene rings is 1. The van der Waals surface area contributed by atoms with E-state index in [1.54, 1.807) is 12.3 Å². The van der Waals surface area contributed by atoms with Gasteiger partial charge in [-0.15, -0.1) is 11.3 Å². The molecule has 3 rings (SSSR count). The van der Waals surface area contributed by atoms with Crippen LogP contribution in [0.4, 0.5) is 0 Å². The van der Waals surface area contributed by atoms with E-state index in [0.29, 0.717) is 12.4 Å². The number of carbonyl (C=O) groups is 1. The lowest BCUT2D eigenvalue weighted by Gasteiger charge is -2.06. The van der Waals surface area contributed by atoms with Gasteiger partial charge in [-0.3, -0.25) is 4.98 Å². The van der Waals surface area contributed by atoms with Crippen molar-refractivity contribution in [3.63, 3.8) is 0 Å². The summed E-state index contributed by atoms with van der Waals surface area (Å²) in [4.78, 5) is 16.6. The summed E-state index contributed by atoms with van der Waals surface area (Å²) in [5.41, 5.74) is 1.91. The molecular formula is C16H13NO3S. The molecule has 0 unspecified atom stereocenters. The van der Waals surface area contributed by atoms with Crippen molar-refractivity contribution in [1.82, 2.24) is 4.98 Å². The number of benzene rings is 1. The maximum absolute atomic E-state index is 11.1. The molecule has 1 N–H and O–H groups in total. The van der Waals surface area contributed by atoms with E-state index in [4.69, 9.17) is 9.84 Å². The average Bonchev–Trinajstić information content (AvgIpc) is 2.86. The Balaban J connectivity index is 1.81. The van der Waals surface area contributed by atoms with Crippen LogP contribution in [0.5, 0.6) is 5.75 Å². The van der Waals surface area contributed by atoms with Crippen molar-refractivity contribution < 1.29 is 14.6 Å². The van der Waals surface area contributed by atoms with Gasteiger partial charge < -0.3 is 9.84 Å². The van der Waals surface area contributed by atoms with Crippen LogP contribution >= 0.6 is 11.3 Å². The SMILES string of the molecule is Cc1cc(OCc2ccc3ncccc3c2)c(C(=O)O)s1. The highest BCUT2D eigenvalue weighted by atomic mass is 32.1. The third-order valence-electron chi connectivity index (χ3n) is 3.08. The van der Waals surface area contributed by atoms with Crippen LogP contribution < -0.4 is 4.74 Å². The predicted molar refractivity (Wildman–Crippen MR) is 82.1 cm³/mol. The van der Waals surface area contributed by atoms with E-state index in [2.05, 4.69) is 4.98 Å². The summed E-state index contributed by atoms with van der Waals surface area (Å²) in [6.07, 6.45) is 1.76. The molecule has 0 amide bonds. The van der Waals surface area contributed by atoms with E-state index >= 15 is 0 Å². The molecule has 0 bridgehead atoms. The summed E-state index contributed by atoms with van der Waals surface area (Å²) in [6, 6.07) is 11.5. The van der Waals surface area contributed by atoms with Crippen LogP contribution in [-0.2, 0) is 6.61 Å². The molecule has 0 spiro atoms. The predicted octanol–water partition coefficient (Wildman–Crippen LogP) is 3.88. The highest BCUT2D eigenvalue weighted by Gasteiger charge is 2.15. The molecule has 0 saturated heterocycles. The maximum Gasteiger partial charge on any atom is 0.349 e. The highest BCUT2D eigenvalue weighted by molar-refractivity contribution is 7.14. The van der Waals surface area contributed by atoms with Gasteiger partial charge in [0.25, 0.3) is 0 Å². The number of carboxylic acids is 1. The Hall–Kier alpha value is -2.40. The fraction of sp³-hybridized carbons (Fsp3) is 0.125. The molecular weight excluding hydrogens is 286 g/mol. The quantitative estimate of drug-likeness (QED) is 0.794. The van der Waals surface area contributed by atoms with E-state index in [0.717, 1.165) is 21.3 Å². The Labute approximate surface area is 125 Å². The first-order chi connectivity index (χ1) is 10.1. The minimum absolute atomic E-state index is 0.245. The third kappa shape index (κ3) is 2.87. The number of nitrogens with zero attached hydrogens (tertiary/aromatic N) is 1. The third-order valence-corrected chi connectivity index (χ3v) is 4.10. The molecule has 21 heavy (non-hydrogen) atoms. The molecule has 4 nitrogen and oxygen atoms in total. The van der Waals surface area contributed by atoms with Crippen LogP contribution in [0.3, 0.4) is 0 Å². The first-order valence-electron chi connectivity index (χ1n) is 6.43. The van der Waals surface area contributed by atoms with Crippen molar-refractivity contribution in [2.75, 3.05) is 0 Å². The van der Waals surface area contributed by atoms with E-state index in [1.165, 1.54) is 11.3 Å². The van der Waals surface area contributed by atoms with E-state index in [9.17, 15) is 4.79 Å². The lowest BCUT2D eigenvalue weighted by atomic mass is 10.1. The Morgan fingerprint density at radius 3 is 3.00 bits per heavy atom. The molecule has 2 heterocycles. The monoisotopic (exact) mass is 299 g/mol. The number of hydrogen-bond acceptors (Lipinski definition) is 4. The summed E-state index contributed by atoms with van der Waals surface area (Å²) in [6.45, 7) is 2.20. The van der Waals surface area contributed by atoms with Crippen LogP contribution in [0.25, 0.3) is 10.9 Å². The minimum atomic E-state index is -0.953. The van der Waals surface area contributed by atoms with Crippen LogP contribution in [0.2, 0.25) is 0 Å². The molecule has 0 fully saturated rings. The summed E-state index contributed by atoms with van der Waals surface area (Å²) >= 11 is 1.23. The number of carboxylic acid groups (broad SMARTS) is 1. The normalized spacial score (nSPS) is 10.7. The molecule has 1 aromatic carbocycles. The summed E-state index contributed by atoms with van der Waals surface area (Å²) in [7, 11) is 0. The molecule has 2 aromatic heterocycles. The van der Waals surface area contributed by atoms with Crippen molar-refractivity contribution >= 4 is 28.2 Å². The standard InChI is InChI=1S/C16H13NO3S/c1-10-7-14(15(21-10)16(18)19)20-9-11-4-5-13-12(8-11)3-2-6-17-13/h2-8H,9H2,1H3,(H,18,19). The number of aromatic nitrogens is 1. The van der Waals surface area contributed by atoms with Gasteiger partial charge in [0.15, 0.2) is 4.88 Å². The van der Waals surface area contributed by atoms with Gasteiger partial charge in [0, 0.05) is 16.5 Å². The molecule has 106 valence electrons. The van der Waals surface area contributed by atoms with Crippen LogP contribution in [0.1, 0.15) is 20.1 Å². The van der Waals surface area contributed by atoms with Gasteiger partial charge in [-0.2, -0.15) is 0 Å². The molecule has 0 radical (unpaired) electrons. The van der Waals surface area contributed by atoms with Crippen LogP contribution in [0, 0.1) is 6.92 Å². The zero-order chi connectivity index (χ0) is 14.8. The fourth-order valence-corrected chi connectivity index (χ4v) is 2.92.